The van der Waals surface area contributed by atoms with Crippen LogP contribution in [0.15, 0.2) is 35.6 Å². The fourth-order valence-corrected chi connectivity index (χ4v) is 4.80. The molecule has 0 saturated carbocycles. The van der Waals surface area contributed by atoms with Gasteiger partial charge in [0.2, 0.25) is 5.78 Å². The number of rotatable bonds is 9. The lowest BCUT2D eigenvalue weighted by atomic mass is 9.95. The van der Waals surface area contributed by atoms with E-state index in [0.29, 0.717) is 29.4 Å². The number of carbonyl (C=O) groups excluding carboxylic acids is 2. The molecule has 1 aliphatic rings. The highest BCUT2D eigenvalue weighted by molar-refractivity contribution is 7.14. The van der Waals surface area contributed by atoms with Gasteiger partial charge in [-0.25, -0.2) is 4.98 Å². The second-order valence-electron chi connectivity index (χ2n) is 7.44. The fourth-order valence-electron chi connectivity index (χ4n) is 3.93. The molecule has 0 fully saturated rings. The Morgan fingerprint density at radius 1 is 1.29 bits per heavy atom. The summed E-state index contributed by atoms with van der Waals surface area (Å²) in [6.07, 6.45) is 0. The Labute approximate surface area is 187 Å². The minimum atomic E-state index is -0.688. The summed E-state index contributed by atoms with van der Waals surface area (Å²) in [5.74, 6) is -0.742. The zero-order chi connectivity index (χ0) is 22.7. The zero-order valence-electron chi connectivity index (χ0n) is 18.6. The molecular formula is C23H29N3O4S. The molecule has 3 rings (SSSR count). The van der Waals surface area contributed by atoms with E-state index in [-0.39, 0.29) is 11.4 Å². The SMILES string of the molecule is CCN(CC)CCN1C(=O)C(O)=C(C(=O)c2sc(C)nc2C)[C@@H]1c1cccc(OC)c1. The molecule has 166 valence electrons. The topological polar surface area (TPSA) is 83.0 Å². The van der Waals surface area contributed by atoms with Crippen molar-refractivity contribution in [1.82, 2.24) is 14.8 Å². The molecule has 0 saturated heterocycles. The number of ketones is 1. The van der Waals surface area contributed by atoms with E-state index in [4.69, 9.17) is 4.74 Å². The maximum atomic E-state index is 13.5. The van der Waals surface area contributed by atoms with Crippen molar-refractivity contribution in [3.63, 3.8) is 0 Å². The smallest absolute Gasteiger partial charge is 0.290 e. The van der Waals surface area contributed by atoms with Gasteiger partial charge in [-0.2, -0.15) is 0 Å². The van der Waals surface area contributed by atoms with Crippen LogP contribution in [0.25, 0.3) is 0 Å². The van der Waals surface area contributed by atoms with Crippen molar-refractivity contribution >= 4 is 23.0 Å². The maximum absolute atomic E-state index is 13.5. The highest BCUT2D eigenvalue weighted by Gasteiger charge is 2.44. The van der Waals surface area contributed by atoms with Crippen LogP contribution in [0.3, 0.4) is 0 Å². The summed E-state index contributed by atoms with van der Waals surface area (Å²) in [4.78, 5) is 35.1. The van der Waals surface area contributed by atoms with E-state index in [1.54, 1.807) is 25.0 Å². The molecule has 1 amide bonds. The number of carbonyl (C=O) groups is 2. The summed E-state index contributed by atoms with van der Waals surface area (Å²) in [5.41, 5.74) is 1.43. The molecule has 7 nitrogen and oxygen atoms in total. The van der Waals surface area contributed by atoms with Gasteiger partial charge in [0.15, 0.2) is 5.76 Å². The largest absolute Gasteiger partial charge is 0.503 e. The summed E-state index contributed by atoms with van der Waals surface area (Å²) in [6, 6.07) is 6.59. The maximum Gasteiger partial charge on any atom is 0.290 e. The number of benzene rings is 1. The predicted molar refractivity (Wildman–Crippen MR) is 121 cm³/mol. The van der Waals surface area contributed by atoms with Crippen LogP contribution in [-0.2, 0) is 4.79 Å². The molecule has 1 atom stereocenters. The van der Waals surface area contributed by atoms with Gasteiger partial charge in [-0.1, -0.05) is 26.0 Å². The Bertz CT molecular complexity index is 1010. The number of aliphatic hydroxyl groups excluding tert-OH is 1. The van der Waals surface area contributed by atoms with Crippen molar-refractivity contribution < 1.29 is 19.4 Å². The average molecular weight is 444 g/mol. The van der Waals surface area contributed by atoms with Crippen LogP contribution in [0.5, 0.6) is 5.75 Å². The van der Waals surface area contributed by atoms with Gasteiger partial charge in [-0.05, 0) is 44.6 Å². The summed E-state index contributed by atoms with van der Waals surface area (Å²) in [7, 11) is 1.57. The highest BCUT2D eigenvalue weighted by Crippen LogP contribution is 2.40. The number of aromatic nitrogens is 1. The van der Waals surface area contributed by atoms with Gasteiger partial charge in [0, 0.05) is 13.1 Å². The van der Waals surface area contributed by atoms with Gasteiger partial charge >= 0.3 is 0 Å². The number of ether oxygens (including phenoxy) is 1. The van der Waals surface area contributed by atoms with Crippen LogP contribution in [-0.4, -0.2) is 64.9 Å². The van der Waals surface area contributed by atoms with E-state index < -0.39 is 17.7 Å². The predicted octanol–water partition coefficient (Wildman–Crippen LogP) is 3.69. The monoisotopic (exact) mass is 443 g/mol. The van der Waals surface area contributed by atoms with Crippen LogP contribution in [0.4, 0.5) is 0 Å². The van der Waals surface area contributed by atoms with E-state index in [2.05, 4.69) is 23.7 Å². The first-order valence-corrected chi connectivity index (χ1v) is 11.2. The third kappa shape index (κ3) is 4.50. The number of aryl methyl sites for hydroxylation is 2. The van der Waals surface area contributed by atoms with Crippen LogP contribution in [0, 0.1) is 13.8 Å². The molecule has 31 heavy (non-hydrogen) atoms. The quantitative estimate of drug-likeness (QED) is 0.595. The molecule has 8 heteroatoms. The third-order valence-corrected chi connectivity index (χ3v) is 6.69. The van der Waals surface area contributed by atoms with Gasteiger partial charge in [0.1, 0.15) is 5.75 Å². The first-order valence-electron chi connectivity index (χ1n) is 10.4. The number of hydrogen-bond acceptors (Lipinski definition) is 7. The van der Waals surface area contributed by atoms with Crippen molar-refractivity contribution in [2.75, 3.05) is 33.3 Å². The number of thiazole rings is 1. The fraction of sp³-hybridized carbons (Fsp3) is 0.435. The van der Waals surface area contributed by atoms with Gasteiger partial charge in [-0.15, -0.1) is 11.3 Å². The molecule has 0 aliphatic carbocycles. The Balaban J connectivity index is 2.06. The Kier molecular flexibility index (Phi) is 7.12. The molecule has 0 unspecified atom stereocenters. The van der Waals surface area contributed by atoms with Crippen LogP contribution >= 0.6 is 11.3 Å². The van der Waals surface area contributed by atoms with Crippen molar-refractivity contribution in [3.8, 4) is 5.75 Å². The number of hydrogen-bond donors (Lipinski definition) is 1. The molecule has 0 spiro atoms. The minimum Gasteiger partial charge on any atom is -0.503 e. The number of nitrogens with zero attached hydrogens (tertiary/aromatic N) is 3. The Morgan fingerprint density at radius 3 is 2.58 bits per heavy atom. The number of methoxy groups -OCH3 is 1. The van der Waals surface area contributed by atoms with E-state index in [1.807, 2.05) is 25.1 Å². The Morgan fingerprint density at radius 2 is 2.00 bits per heavy atom. The zero-order valence-corrected chi connectivity index (χ0v) is 19.5. The lowest BCUT2D eigenvalue weighted by molar-refractivity contribution is -0.129. The number of Topliss-reactive ketones (excluding diaryl/α,β-unsaturated/α-hetero) is 1. The molecule has 2 aromatic rings. The molecule has 1 aliphatic heterocycles. The van der Waals surface area contributed by atoms with E-state index in [0.717, 1.165) is 23.7 Å². The van der Waals surface area contributed by atoms with Crippen molar-refractivity contribution in [3.05, 3.63) is 56.7 Å². The molecule has 1 aromatic carbocycles. The van der Waals surface area contributed by atoms with Gasteiger partial charge < -0.3 is 19.6 Å². The second kappa shape index (κ2) is 9.62. The first-order chi connectivity index (χ1) is 14.8. The second-order valence-corrected chi connectivity index (χ2v) is 8.65. The van der Waals surface area contributed by atoms with E-state index in [9.17, 15) is 14.7 Å². The highest BCUT2D eigenvalue weighted by atomic mass is 32.1. The van der Waals surface area contributed by atoms with Gasteiger partial charge in [0.25, 0.3) is 5.91 Å². The van der Waals surface area contributed by atoms with E-state index in [1.165, 1.54) is 11.3 Å². The molecule has 2 heterocycles. The standard InChI is InChI=1S/C23H29N3O4S/c1-6-25(7-2)11-12-26-19(16-9-8-10-17(13-16)30-5)18(21(28)23(26)29)20(27)22-14(3)24-15(4)31-22/h8-10,13,19,28H,6-7,11-12H2,1-5H3/t19-/m0/s1. The molecule has 1 N–H and O–H groups in total. The summed E-state index contributed by atoms with van der Waals surface area (Å²) in [6.45, 7) is 10.5. The van der Waals surface area contributed by atoms with Crippen molar-refractivity contribution in [2.24, 2.45) is 0 Å². The summed E-state index contributed by atoms with van der Waals surface area (Å²) < 4.78 is 5.36. The van der Waals surface area contributed by atoms with Crippen LogP contribution < -0.4 is 4.74 Å². The average Bonchev–Trinajstić information content (AvgIpc) is 3.24. The first kappa shape index (κ1) is 23.0. The number of amides is 1. The normalized spacial score (nSPS) is 16.5. The third-order valence-electron chi connectivity index (χ3n) is 5.62. The van der Waals surface area contributed by atoms with E-state index >= 15 is 0 Å². The molecule has 0 bridgehead atoms. The molecule has 0 radical (unpaired) electrons. The molecule has 1 aromatic heterocycles. The number of aliphatic hydroxyl groups is 1. The lowest BCUT2D eigenvalue weighted by Crippen LogP contribution is -2.38. The summed E-state index contributed by atoms with van der Waals surface area (Å²) >= 11 is 1.28. The van der Waals surface area contributed by atoms with Gasteiger partial charge in [0.05, 0.1) is 34.3 Å². The summed E-state index contributed by atoms with van der Waals surface area (Å²) in [5, 5.41) is 11.6. The molecular weight excluding hydrogens is 414 g/mol. The van der Waals surface area contributed by atoms with Crippen molar-refractivity contribution in [2.45, 2.75) is 33.7 Å². The minimum absolute atomic E-state index is 0.101. The van der Waals surface area contributed by atoms with Crippen LogP contribution in [0.1, 0.15) is 45.8 Å². The van der Waals surface area contributed by atoms with Crippen molar-refractivity contribution in [1.29, 1.82) is 0 Å². The Hall–Kier alpha value is -2.71. The van der Waals surface area contributed by atoms with Crippen LogP contribution in [0.2, 0.25) is 0 Å². The van der Waals surface area contributed by atoms with Gasteiger partial charge in [-0.3, -0.25) is 9.59 Å². The number of likely N-dealkylation sites (N-methyl/N-ethyl adjacent to an activating group) is 1. The lowest BCUT2D eigenvalue weighted by Gasteiger charge is -2.29.